The molecular weight excluding hydrogens is 358 g/mol. The molecule has 0 saturated heterocycles. The zero-order valence-corrected chi connectivity index (χ0v) is 15.4. The molecule has 0 fully saturated rings. The van der Waals surface area contributed by atoms with E-state index in [0.717, 1.165) is 10.5 Å². The molecule has 0 unspecified atom stereocenters. The first-order chi connectivity index (χ1) is 12.0. The minimum atomic E-state index is -0.399. The van der Waals surface area contributed by atoms with Gasteiger partial charge in [-0.15, -0.1) is 11.8 Å². The second-order valence-corrected chi connectivity index (χ2v) is 6.91. The number of hydrogen-bond acceptors (Lipinski definition) is 4. The van der Waals surface area contributed by atoms with Crippen LogP contribution in [0.4, 0.5) is 5.69 Å². The van der Waals surface area contributed by atoms with Gasteiger partial charge in [0.2, 0.25) is 11.8 Å². The Bertz CT molecular complexity index is 737. The summed E-state index contributed by atoms with van der Waals surface area (Å²) in [5.41, 5.74) is 6.89. The lowest BCUT2D eigenvalue weighted by molar-refractivity contribution is -0.116. The van der Waals surface area contributed by atoms with Crippen LogP contribution in [0.25, 0.3) is 0 Å². The molecule has 0 spiro atoms. The number of halogens is 1. The molecule has 2 rings (SSSR count). The van der Waals surface area contributed by atoms with E-state index in [9.17, 15) is 9.59 Å². The van der Waals surface area contributed by atoms with Gasteiger partial charge in [-0.2, -0.15) is 0 Å². The predicted octanol–water partition coefficient (Wildman–Crippen LogP) is 3.21. The quantitative estimate of drug-likeness (QED) is 0.617. The second-order valence-electron chi connectivity index (χ2n) is 5.45. The van der Waals surface area contributed by atoms with Crippen LogP contribution in [-0.4, -0.2) is 24.1 Å². The van der Waals surface area contributed by atoms with Crippen molar-refractivity contribution in [3.8, 4) is 0 Å². The molecule has 2 amide bonds. The molecule has 0 aliphatic carbocycles. The van der Waals surface area contributed by atoms with Gasteiger partial charge in [-0.25, -0.2) is 0 Å². The van der Waals surface area contributed by atoms with Crippen molar-refractivity contribution in [3.05, 3.63) is 59.1 Å². The monoisotopic (exact) mass is 377 g/mol. The molecule has 2 aromatic rings. The van der Waals surface area contributed by atoms with Crippen molar-refractivity contribution in [1.29, 1.82) is 0 Å². The summed E-state index contributed by atoms with van der Waals surface area (Å²) in [6.45, 7) is 2.14. The first-order valence-electron chi connectivity index (χ1n) is 7.74. The molecule has 1 atom stereocenters. The van der Waals surface area contributed by atoms with Crippen LogP contribution in [0.1, 0.15) is 18.5 Å². The maximum Gasteiger partial charge on any atom is 0.238 e. The summed E-state index contributed by atoms with van der Waals surface area (Å²) in [7, 11) is 0. The van der Waals surface area contributed by atoms with Crippen LogP contribution in [0.2, 0.25) is 5.02 Å². The van der Waals surface area contributed by atoms with Gasteiger partial charge in [-0.3, -0.25) is 9.59 Å². The number of carbonyl (C=O) groups excluding carboxylic acids is 2. The van der Waals surface area contributed by atoms with Crippen LogP contribution in [0, 0.1) is 0 Å². The highest BCUT2D eigenvalue weighted by Gasteiger charge is 2.10. The Morgan fingerprint density at radius 1 is 1.16 bits per heavy atom. The lowest BCUT2D eigenvalue weighted by Crippen LogP contribution is -2.30. The van der Waals surface area contributed by atoms with Crippen molar-refractivity contribution in [3.63, 3.8) is 0 Å². The number of rotatable bonds is 8. The van der Waals surface area contributed by atoms with E-state index in [4.69, 9.17) is 17.3 Å². The number of carbonyl (C=O) groups is 2. The highest BCUT2D eigenvalue weighted by atomic mass is 35.5. The van der Waals surface area contributed by atoms with E-state index < -0.39 is 5.91 Å². The Balaban J connectivity index is 1.89. The molecule has 132 valence electrons. The van der Waals surface area contributed by atoms with Gasteiger partial charge in [0.05, 0.1) is 18.0 Å². The van der Waals surface area contributed by atoms with E-state index >= 15 is 0 Å². The summed E-state index contributed by atoms with van der Waals surface area (Å²) in [6, 6.07) is 14.8. The zero-order valence-electron chi connectivity index (χ0n) is 13.8. The Morgan fingerprint density at radius 2 is 1.84 bits per heavy atom. The van der Waals surface area contributed by atoms with Gasteiger partial charge in [0.25, 0.3) is 0 Å². The number of primary amides is 1. The van der Waals surface area contributed by atoms with E-state index in [-0.39, 0.29) is 24.2 Å². The van der Waals surface area contributed by atoms with E-state index in [1.165, 1.54) is 11.8 Å². The molecule has 0 aliphatic rings. The lowest BCUT2D eigenvalue weighted by Gasteiger charge is -2.15. The molecular formula is C18H20ClN3O2S. The molecule has 5 nitrogen and oxygen atoms in total. The normalized spacial score (nSPS) is 11.8. The average molecular weight is 378 g/mol. The van der Waals surface area contributed by atoms with Crippen LogP contribution in [0.5, 0.6) is 0 Å². The van der Waals surface area contributed by atoms with Gasteiger partial charge in [0.1, 0.15) is 0 Å². The first kappa shape index (κ1) is 19.3. The standard InChI is InChI=1S/C18H20ClN3O2S/c1-12(13-6-8-14(19)9-7-13)21-10-18(24)22-15-4-2-3-5-16(15)25-11-17(20)23/h2-9,12,21H,10-11H2,1H3,(H2,20,23)(H,22,24)/t12-/m1/s1. The molecule has 0 bridgehead atoms. The highest BCUT2D eigenvalue weighted by molar-refractivity contribution is 8.00. The fourth-order valence-electron chi connectivity index (χ4n) is 2.15. The average Bonchev–Trinajstić information content (AvgIpc) is 2.59. The van der Waals surface area contributed by atoms with Crippen molar-refractivity contribution >= 4 is 40.9 Å². The summed E-state index contributed by atoms with van der Waals surface area (Å²) in [6.07, 6.45) is 0. The number of hydrogen-bond donors (Lipinski definition) is 3. The van der Waals surface area contributed by atoms with Crippen molar-refractivity contribution in [2.75, 3.05) is 17.6 Å². The molecule has 0 heterocycles. The third-order valence-electron chi connectivity index (χ3n) is 3.47. The van der Waals surface area contributed by atoms with Crippen LogP contribution in [0.15, 0.2) is 53.4 Å². The fraction of sp³-hybridized carbons (Fsp3) is 0.222. The fourth-order valence-corrected chi connectivity index (χ4v) is 3.03. The Labute approximate surface area is 156 Å². The Kier molecular flexibility index (Phi) is 7.31. The molecule has 25 heavy (non-hydrogen) atoms. The van der Waals surface area contributed by atoms with Crippen molar-refractivity contribution in [1.82, 2.24) is 5.32 Å². The lowest BCUT2D eigenvalue weighted by atomic mass is 10.1. The predicted molar refractivity (Wildman–Crippen MR) is 103 cm³/mol. The third-order valence-corrected chi connectivity index (χ3v) is 4.82. The highest BCUT2D eigenvalue weighted by Crippen LogP contribution is 2.26. The van der Waals surface area contributed by atoms with Crippen LogP contribution < -0.4 is 16.4 Å². The van der Waals surface area contributed by atoms with Crippen LogP contribution >= 0.6 is 23.4 Å². The molecule has 7 heteroatoms. The summed E-state index contributed by atoms with van der Waals surface area (Å²) in [4.78, 5) is 23.9. The SMILES string of the molecule is C[C@@H](NCC(=O)Nc1ccccc1SCC(N)=O)c1ccc(Cl)cc1. The number of thioether (sulfide) groups is 1. The number of nitrogens with one attached hydrogen (secondary N) is 2. The topological polar surface area (TPSA) is 84.2 Å². The van der Waals surface area contributed by atoms with Gasteiger partial charge in [-0.1, -0.05) is 35.9 Å². The number of benzene rings is 2. The minimum absolute atomic E-state index is 0.0162. The number of para-hydroxylation sites is 1. The second kappa shape index (κ2) is 9.46. The van der Waals surface area contributed by atoms with Crippen molar-refractivity contribution in [2.24, 2.45) is 5.73 Å². The largest absolute Gasteiger partial charge is 0.369 e. The molecule has 0 radical (unpaired) electrons. The number of amides is 2. The maximum atomic E-state index is 12.2. The molecule has 2 aromatic carbocycles. The summed E-state index contributed by atoms with van der Waals surface area (Å²) < 4.78 is 0. The first-order valence-corrected chi connectivity index (χ1v) is 9.11. The summed E-state index contributed by atoms with van der Waals surface area (Å²) >= 11 is 7.18. The van der Waals surface area contributed by atoms with Crippen LogP contribution in [0.3, 0.4) is 0 Å². The number of nitrogens with two attached hydrogens (primary N) is 1. The van der Waals surface area contributed by atoms with Gasteiger partial charge in [0, 0.05) is 16.0 Å². The molecule has 0 saturated carbocycles. The van der Waals surface area contributed by atoms with Gasteiger partial charge in [0.15, 0.2) is 0 Å². The van der Waals surface area contributed by atoms with Crippen molar-refractivity contribution < 1.29 is 9.59 Å². The van der Waals surface area contributed by atoms with E-state index in [2.05, 4.69) is 10.6 Å². The summed E-state index contributed by atoms with van der Waals surface area (Å²) in [5.74, 6) is -0.392. The third kappa shape index (κ3) is 6.42. The molecule has 0 aliphatic heterocycles. The molecule has 4 N–H and O–H groups in total. The minimum Gasteiger partial charge on any atom is -0.369 e. The van der Waals surface area contributed by atoms with Crippen LogP contribution in [-0.2, 0) is 9.59 Å². The summed E-state index contributed by atoms with van der Waals surface area (Å²) in [5, 5.41) is 6.71. The van der Waals surface area contributed by atoms with Crippen molar-refractivity contribution in [2.45, 2.75) is 17.9 Å². The Morgan fingerprint density at radius 3 is 2.52 bits per heavy atom. The van der Waals surface area contributed by atoms with Gasteiger partial charge < -0.3 is 16.4 Å². The Hall–Kier alpha value is -2.02. The smallest absolute Gasteiger partial charge is 0.238 e. The zero-order chi connectivity index (χ0) is 18.2. The maximum absolute atomic E-state index is 12.2. The van der Waals surface area contributed by atoms with Gasteiger partial charge >= 0.3 is 0 Å². The van der Waals surface area contributed by atoms with Gasteiger partial charge in [-0.05, 0) is 36.8 Å². The van der Waals surface area contributed by atoms with E-state index in [1.807, 2.05) is 49.4 Å². The number of anilines is 1. The van der Waals surface area contributed by atoms with E-state index in [1.54, 1.807) is 6.07 Å². The molecule has 0 aromatic heterocycles. The van der Waals surface area contributed by atoms with E-state index in [0.29, 0.717) is 10.7 Å².